The number of para-hydroxylation sites is 4. The van der Waals surface area contributed by atoms with E-state index in [1.54, 1.807) is 0 Å². The van der Waals surface area contributed by atoms with Gasteiger partial charge in [0.15, 0.2) is 0 Å². The molecule has 2 nitrogen and oxygen atoms in total. The highest BCUT2D eigenvalue weighted by Crippen LogP contribution is 2.45. The van der Waals surface area contributed by atoms with Crippen molar-refractivity contribution in [2.24, 2.45) is 0 Å². The lowest BCUT2D eigenvalue weighted by Gasteiger charge is -2.25. The van der Waals surface area contributed by atoms with Crippen molar-refractivity contribution >= 4 is 55.7 Å². The van der Waals surface area contributed by atoms with Gasteiger partial charge in [-0.05, 0) is 139 Å². The molecule has 0 unspecified atom stereocenters. The Morgan fingerprint density at radius 1 is 0.156 bits per heavy atom. The van der Waals surface area contributed by atoms with Gasteiger partial charge in [0.1, 0.15) is 0 Å². The molecule has 0 aromatic heterocycles. The zero-order valence-electron chi connectivity index (χ0n) is 35.3. The molecular formula is C62H44N2. The second kappa shape index (κ2) is 17.1. The molecule has 0 radical (unpaired) electrons. The fourth-order valence-corrected chi connectivity index (χ4v) is 9.22. The Hall–Kier alpha value is -8.46. The Morgan fingerprint density at radius 2 is 0.344 bits per heavy atom. The summed E-state index contributed by atoms with van der Waals surface area (Å²) in [6, 6.07) is 96.0. The van der Waals surface area contributed by atoms with E-state index in [1.807, 2.05) is 0 Å². The van der Waals surface area contributed by atoms with Crippen LogP contribution in [0, 0.1) is 0 Å². The van der Waals surface area contributed by atoms with Crippen LogP contribution >= 0.6 is 0 Å². The molecule has 0 bridgehead atoms. The second-order valence-electron chi connectivity index (χ2n) is 16.1. The van der Waals surface area contributed by atoms with Gasteiger partial charge in [-0.2, -0.15) is 0 Å². The summed E-state index contributed by atoms with van der Waals surface area (Å²) in [5.41, 5.74) is 16.4. The zero-order valence-corrected chi connectivity index (χ0v) is 35.3. The average Bonchev–Trinajstić information content (AvgIpc) is 3.38. The third kappa shape index (κ3) is 7.38. The van der Waals surface area contributed by atoms with Gasteiger partial charge in [-0.25, -0.2) is 0 Å². The van der Waals surface area contributed by atoms with E-state index in [-0.39, 0.29) is 0 Å². The summed E-state index contributed by atoms with van der Waals surface area (Å²) in [4.78, 5) is 4.60. The number of nitrogens with zero attached hydrogens (tertiary/aromatic N) is 2. The highest BCUT2D eigenvalue weighted by molar-refractivity contribution is 6.21. The van der Waals surface area contributed by atoms with Crippen molar-refractivity contribution in [3.05, 3.63) is 267 Å². The van der Waals surface area contributed by atoms with E-state index in [0.29, 0.717) is 0 Å². The molecule has 0 saturated heterocycles. The van der Waals surface area contributed by atoms with Crippen LogP contribution in [0.15, 0.2) is 267 Å². The van der Waals surface area contributed by atoms with E-state index in [1.165, 1.54) is 66.1 Å². The van der Waals surface area contributed by atoms with E-state index < -0.39 is 0 Å². The maximum Gasteiger partial charge on any atom is 0.0462 e. The molecule has 0 atom stereocenters. The van der Waals surface area contributed by atoms with Gasteiger partial charge < -0.3 is 9.80 Å². The van der Waals surface area contributed by atoms with Gasteiger partial charge in [-0.15, -0.1) is 0 Å². The topological polar surface area (TPSA) is 6.48 Å². The predicted molar refractivity (Wildman–Crippen MR) is 273 cm³/mol. The van der Waals surface area contributed by atoms with E-state index in [2.05, 4.69) is 277 Å². The Bertz CT molecular complexity index is 2950. The summed E-state index contributed by atoms with van der Waals surface area (Å²) in [5, 5.41) is 4.99. The molecule has 0 N–H and O–H groups in total. The average molecular weight is 817 g/mol. The van der Waals surface area contributed by atoms with Crippen LogP contribution in [0.1, 0.15) is 0 Å². The third-order valence-corrected chi connectivity index (χ3v) is 12.3. The van der Waals surface area contributed by atoms with Gasteiger partial charge in [-0.1, -0.05) is 194 Å². The SMILES string of the molecule is c1ccc(N(c2ccccc2)c2ccc(-c3ccc(-c4c5ccccc5c(-c5ccc(-c6ccc(N(c7ccccc7)c7ccccc7)cc6)cc5)c5ccccc45)cc3)cc2)cc1. The molecule has 0 aliphatic carbocycles. The molecule has 0 amide bonds. The van der Waals surface area contributed by atoms with E-state index in [0.717, 1.165) is 34.1 Å². The molecule has 0 aliphatic heterocycles. The van der Waals surface area contributed by atoms with Crippen molar-refractivity contribution in [3.8, 4) is 44.5 Å². The maximum atomic E-state index is 2.30. The number of rotatable bonds is 10. The molecule has 11 aromatic rings. The largest absolute Gasteiger partial charge is 0.311 e. The zero-order chi connectivity index (χ0) is 42.7. The lowest BCUT2D eigenvalue weighted by molar-refractivity contribution is 1.28. The van der Waals surface area contributed by atoms with Crippen LogP contribution in [-0.4, -0.2) is 0 Å². The number of anilines is 6. The highest BCUT2D eigenvalue weighted by Gasteiger charge is 2.18. The van der Waals surface area contributed by atoms with Gasteiger partial charge in [0.2, 0.25) is 0 Å². The number of hydrogen-bond donors (Lipinski definition) is 0. The third-order valence-electron chi connectivity index (χ3n) is 12.3. The molecule has 2 heteroatoms. The summed E-state index contributed by atoms with van der Waals surface area (Å²) in [7, 11) is 0. The van der Waals surface area contributed by atoms with Crippen molar-refractivity contribution in [3.63, 3.8) is 0 Å². The first-order valence-electron chi connectivity index (χ1n) is 21.9. The Labute approximate surface area is 375 Å². The minimum absolute atomic E-state index is 1.12. The van der Waals surface area contributed by atoms with Gasteiger partial charge in [0.25, 0.3) is 0 Å². The van der Waals surface area contributed by atoms with Crippen molar-refractivity contribution in [2.45, 2.75) is 0 Å². The van der Waals surface area contributed by atoms with E-state index in [9.17, 15) is 0 Å². The van der Waals surface area contributed by atoms with Crippen molar-refractivity contribution in [2.75, 3.05) is 9.80 Å². The number of hydrogen-bond acceptors (Lipinski definition) is 2. The lowest BCUT2D eigenvalue weighted by atomic mass is 9.85. The van der Waals surface area contributed by atoms with Gasteiger partial charge in [0, 0.05) is 34.1 Å². The van der Waals surface area contributed by atoms with E-state index in [4.69, 9.17) is 0 Å². The molecule has 302 valence electrons. The number of benzene rings is 11. The minimum atomic E-state index is 1.12. The Balaban J connectivity index is 0.906. The van der Waals surface area contributed by atoms with Crippen molar-refractivity contribution in [1.29, 1.82) is 0 Å². The lowest BCUT2D eigenvalue weighted by Crippen LogP contribution is -2.09. The summed E-state index contributed by atoms with van der Waals surface area (Å²) in [6.07, 6.45) is 0. The first-order valence-corrected chi connectivity index (χ1v) is 21.9. The molecule has 11 rings (SSSR count). The van der Waals surface area contributed by atoms with Gasteiger partial charge in [0.05, 0.1) is 0 Å². The van der Waals surface area contributed by atoms with Crippen molar-refractivity contribution < 1.29 is 0 Å². The van der Waals surface area contributed by atoms with E-state index >= 15 is 0 Å². The molecule has 0 spiro atoms. The molecule has 0 saturated carbocycles. The maximum absolute atomic E-state index is 2.30. The summed E-state index contributed by atoms with van der Waals surface area (Å²) < 4.78 is 0. The first-order chi connectivity index (χ1) is 31.8. The highest BCUT2D eigenvalue weighted by atomic mass is 15.1. The summed E-state index contributed by atoms with van der Waals surface area (Å²) in [5.74, 6) is 0. The normalized spacial score (nSPS) is 11.1. The van der Waals surface area contributed by atoms with Crippen LogP contribution in [0.4, 0.5) is 34.1 Å². The Morgan fingerprint density at radius 3 is 0.594 bits per heavy atom. The monoisotopic (exact) mass is 816 g/mol. The molecule has 0 aliphatic rings. The molecule has 0 heterocycles. The molecule has 11 aromatic carbocycles. The summed E-state index contributed by atoms with van der Waals surface area (Å²) >= 11 is 0. The number of fused-ring (bicyclic) bond motifs is 2. The molecule has 64 heavy (non-hydrogen) atoms. The van der Waals surface area contributed by atoms with Crippen LogP contribution < -0.4 is 9.80 Å². The first kappa shape index (κ1) is 38.5. The summed E-state index contributed by atoms with van der Waals surface area (Å²) in [6.45, 7) is 0. The molecular weight excluding hydrogens is 773 g/mol. The van der Waals surface area contributed by atoms with Crippen LogP contribution in [0.5, 0.6) is 0 Å². The minimum Gasteiger partial charge on any atom is -0.311 e. The van der Waals surface area contributed by atoms with Crippen LogP contribution in [0.2, 0.25) is 0 Å². The second-order valence-corrected chi connectivity index (χ2v) is 16.1. The smallest absolute Gasteiger partial charge is 0.0462 e. The fraction of sp³-hybridized carbons (Fsp3) is 0. The van der Waals surface area contributed by atoms with Crippen LogP contribution in [0.25, 0.3) is 66.1 Å². The standard InChI is InChI=1S/C62H44N2/c1-5-17-51(18-6-1)63(52-19-7-2-8-20-52)55-41-37-47(38-42-55)45-29-33-49(34-30-45)61-57-25-13-15-27-59(57)62(60-28-16-14-26-58(60)61)50-35-31-46(32-36-50)48-39-43-56(44-40-48)64(53-21-9-3-10-22-53)54-23-11-4-12-24-54/h1-44H. The predicted octanol–water partition coefficient (Wildman–Crippen LogP) is 17.6. The van der Waals surface area contributed by atoms with Crippen LogP contribution in [-0.2, 0) is 0 Å². The van der Waals surface area contributed by atoms with Crippen molar-refractivity contribution in [1.82, 2.24) is 0 Å². The van der Waals surface area contributed by atoms with Gasteiger partial charge in [-0.3, -0.25) is 0 Å². The molecule has 0 fully saturated rings. The quantitative estimate of drug-likeness (QED) is 0.127. The fourth-order valence-electron chi connectivity index (χ4n) is 9.22. The van der Waals surface area contributed by atoms with Gasteiger partial charge >= 0.3 is 0 Å². The van der Waals surface area contributed by atoms with Crippen LogP contribution in [0.3, 0.4) is 0 Å². The Kier molecular flexibility index (Phi) is 10.3.